The summed E-state index contributed by atoms with van der Waals surface area (Å²) in [6, 6.07) is 10.5. The average molecular weight is 405 g/mol. The Balaban J connectivity index is 2.21. The number of nitrogens with one attached hydrogen (secondary N) is 1. The van der Waals surface area contributed by atoms with Gasteiger partial charge in [-0.15, -0.1) is 0 Å². The second-order valence-electron chi connectivity index (χ2n) is 7.05. The molecule has 152 valence electrons. The molecule has 2 rings (SSSR count). The van der Waals surface area contributed by atoms with Gasteiger partial charge in [-0.25, -0.2) is 8.42 Å². The van der Waals surface area contributed by atoms with Gasteiger partial charge in [0.05, 0.1) is 25.1 Å². The minimum absolute atomic E-state index is 0.237. The van der Waals surface area contributed by atoms with E-state index in [4.69, 9.17) is 4.74 Å². The van der Waals surface area contributed by atoms with Crippen molar-refractivity contribution < 1.29 is 17.9 Å². The van der Waals surface area contributed by atoms with Crippen LogP contribution in [0, 0.1) is 20.8 Å². The molecule has 0 unspecified atom stereocenters. The molecule has 1 N–H and O–H groups in total. The smallest absolute Gasteiger partial charge is 0.241 e. The van der Waals surface area contributed by atoms with E-state index in [1.54, 1.807) is 24.3 Å². The number of rotatable bonds is 7. The number of nitrogens with zero attached hydrogens (tertiary/aromatic N) is 1. The van der Waals surface area contributed by atoms with Crippen LogP contribution in [0.25, 0.3) is 0 Å². The number of methoxy groups -OCH3 is 1. The SMILES string of the molecule is COc1cccc(N(CC(=O)N[C@H](C)c2cc(C)c(C)cc2C)S(C)(=O)=O)c1. The number of ether oxygens (including phenoxy) is 1. The van der Waals surface area contributed by atoms with Crippen LogP contribution in [-0.4, -0.2) is 34.2 Å². The standard InChI is InChI=1S/C21H28N2O4S/c1-14-10-16(3)20(11-15(14)2)17(4)22-21(24)13-23(28(6,25)26)18-8-7-9-19(12-18)27-5/h7-12,17H,13H2,1-6H3,(H,22,24)/t17-/m1/s1. The van der Waals surface area contributed by atoms with E-state index >= 15 is 0 Å². The fourth-order valence-electron chi connectivity index (χ4n) is 3.11. The molecule has 0 aliphatic heterocycles. The molecule has 0 saturated heterocycles. The van der Waals surface area contributed by atoms with Crippen LogP contribution in [0.5, 0.6) is 5.75 Å². The van der Waals surface area contributed by atoms with Gasteiger partial charge < -0.3 is 10.1 Å². The van der Waals surface area contributed by atoms with E-state index in [1.807, 2.05) is 27.7 Å². The number of aryl methyl sites for hydroxylation is 3. The lowest BCUT2D eigenvalue weighted by Gasteiger charge is -2.24. The maximum absolute atomic E-state index is 12.6. The van der Waals surface area contributed by atoms with Crippen molar-refractivity contribution in [1.29, 1.82) is 0 Å². The number of hydrogen-bond acceptors (Lipinski definition) is 4. The summed E-state index contributed by atoms with van der Waals surface area (Å²) >= 11 is 0. The molecule has 2 aromatic rings. The molecule has 6 nitrogen and oxygen atoms in total. The van der Waals surface area contributed by atoms with E-state index in [1.165, 1.54) is 12.7 Å². The Bertz CT molecular complexity index is 970. The Hall–Kier alpha value is -2.54. The maximum Gasteiger partial charge on any atom is 0.241 e. The van der Waals surface area contributed by atoms with Crippen LogP contribution in [0.4, 0.5) is 5.69 Å². The first-order chi connectivity index (χ1) is 13.0. The molecule has 1 atom stereocenters. The van der Waals surface area contributed by atoms with E-state index in [-0.39, 0.29) is 18.5 Å². The van der Waals surface area contributed by atoms with Gasteiger partial charge in [0.15, 0.2) is 0 Å². The molecule has 0 fully saturated rings. The lowest BCUT2D eigenvalue weighted by molar-refractivity contribution is -0.120. The highest BCUT2D eigenvalue weighted by Gasteiger charge is 2.22. The number of benzene rings is 2. The monoisotopic (exact) mass is 404 g/mol. The molecule has 0 heterocycles. The van der Waals surface area contributed by atoms with Crippen LogP contribution in [-0.2, 0) is 14.8 Å². The topological polar surface area (TPSA) is 75.7 Å². The molecule has 0 aromatic heterocycles. The summed E-state index contributed by atoms with van der Waals surface area (Å²) in [5.74, 6) is 0.143. The number of amides is 1. The van der Waals surface area contributed by atoms with Crippen molar-refractivity contribution in [3.8, 4) is 5.75 Å². The van der Waals surface area contributed by atoms with Crippen molar-refractivity contribution in [3.05, 3.63) is 58.7 Å². The van der Waals surface area contributed by atoms with Crippen LogP contribution < -0.4 is 14.4 Å². The highest BCUT2D eigenvalue weighted by Crippen LogP contribution is 2.24. The van der Waals surface area contributed by atoms with E-state index in [2.05, 4.69) is 17.4 Å². The third-order valence-corrected chi connectivity index (χ3v) is 5.90. The second kappa shape index (κ2) is 8.65. The Morgan fingerprint density at radius 1 is 1.11 bits per heavy atom. The Labute approximate surface area is 167 Å². The van der Waals surface area contributed by atoms with Gasteiger partial charge in [0, 0.05) is 6.07 Å². The van der Waals surface area contributed by atoms with Crippen molar-refractivity contribution in [3.63, 3.8) is 0 Å². The number of hydrogen-bond donors (Lipinski definition) is 1. The van der Waals surface area contributed by atoms with Crippen molar-refractivity contribution in [1.82, 2.24) is 5.32 Å². The van der Waals surface area contributed by atoms with Crippen molar-refractivity contribution >= 4 is 21.6 Å². The Morgan fingerprint density at radius 3 is 2.36 bits per heavy atom. The van der Waals surface area contributed by atoms with Crippen molar-refractivity contribution in [2.75, 3.05) is 24.2 Å². The highest BCUT2D eigenvalue weighted by atomic mass is 32.2. The molecule has 7 heteroatoms. The average Bonchev–Trinajstić information content (AvgIpc) is 2.61. The molecular weight excluding hydrogens is 376 g/mol. The van der Waals surface area contributed by atoms with Crippen LogP contribution >= 0.6 is 0 Å². The zero-order chi connectivity index (χ0) is 21.1. The molecule has 1 amide bonds. The predicted molar refractivity (Wildman–Crippen MR) is 112 cm³/mol. The zero-order valence-electron chi connectivity index (χ0n) is 17.2. The summed E-state index contributed by atoms with van der Waals surface area (Å²) < 4.78 is 30.8. The van der Waals surface area contributed by atoms with Crippen LogP contribution in [0.1, 0.15) is 35.2 Å². The van der Waals surface area contributed by atoms with Gasteiger partial charge in [0.2, 0.25) is 15.9 Å². The molecule has 2 aromatic carbocycles. The summed E-state index contributed by atoms with van der Waals surface area (Å²) in [5, 5.41) is 2.91. The second-order valence-corrected chi connectivity index (χ2v) is 8.96. The molecule has 0 saturated carbocycles. The fraction of sp³-hybridized carbons (Fsp3) is 0.381. The first-order valence-corrected chi connectivity index (χ1v) is 10.9. The third kappa shape index (κ3) is 5.25. The minimum Gasteiger partial charge on any atom is -0.497 e. The molecular formula is C21H28N2O4S. The lowest BCUT2D eigenvalue weighted by atomic mass is 9.96. The fourth-order valence-corrected chi connectivity index (χ4v) is 3.96. The van der Waals surface area contributed by atoms with Gasteiger partial charge in [0.1, 0.15) is 12.3 Å². The molecule has 0 aliphatic rings. The molecule has 0 radical (unpaired) electrons. The summed E-state index contributed by atoms with van der Waals surface area (Å²) in [4.78, 5) is 12.6. The number of carbonyl (C=O) groups excluding carboxylic acids is 1. The van der Waals surface area contributed by atoms with E-state index < -0.39 is 10.0 Å². The number of anilines is 1. The maximum atomic E-state index is 12.6. The van der Waals surface area contributed by atoms with E-state index in [0.29, 0.717) is 11.4 Å². The summed E-state index contributed by atoms with van der Waals surface area (Å²) in [6.45, 7) is 7.67. The zero-order valence-corrected chi connectivity index (χ0v) is 18.1. The van der Waals surface area contributed by atoms with Gasteiger partial charge in [0.25, 0.3) is 0 Å². The van der Waals surface area contributed by atoms with Gasteiger partial charge in [-0.2, -0.15) is 0 Å². The Morgan fingerprint density at radius 2 is 1.75 bits per heavy atom. The third-order valence-electron chi connectivity index (χ3n) is 4.76. The lowest BCUT2D eigenvalue weighted by Crippen LogP contribution is -2.41. The quantitative estimate of drug-likeness (QED) is 0.769. The van der Waals surface area contributed by atoms with Crippen LogP contribution in [0.3, 0.4) is 0 Å². The highest BCUT2D eigenvalue weighted by molar-refractivity contribution is 7.92. The Kier molecular flexibility index (Phi) is 6.72. The largest absolute Gasteiger partial charge is 0.497 e. The van der Waals surface area contributed by atoms with Crippen molar-refractivity contribution in [2.24, 2.45) is 0 Å². The summed E-state index contributed by atoms with van der Waals surface area (Å²) in [7, 11) is -2.14. The van der Waals surface area contributed by atoms with Gasteiger partial charge in [-0.05, 0) is 62.1 Å². The van der Waals surface area contributed by atoms with Gasteiger partial charge in [-0.3, -0.25) is 9.10 Å². The summed E-state index contributed by atoms with van der Waals surface area (Å²) in [6.07, 6.45) is 1.08. The molecule has 0 bridgehead atoms. The molecule has 0 spiro atoms. The first-order valence-electron chi connectivity index (χ1n) is 9.01. The number of carbonyl (C=O) groups is 1. The van der Waals surface area contributed by atoms with E-state index in [9.17, 15) is 13.2 Å². The summed E-state index contributed by atoms with van der Waals surface area (Å²) in [5.41, 5.74) is 4.83. The van der Waals surface area contributed by atoms with Crippen LogP contribution in [0.15, 0.2) is 36.4 Å². The number of sulfonamides is 1. The van der Waals surface area contributed by atoms with Gasteiger partial charge >= 0.3 is 0 Å². The molecule has 28 heavy (non-hydrogen) atoms. The van der Waals surface area contributed by atoms with Crippen molar-refractivity contribution in [2.45, 2.75) is 33.7 Å². The molecule has 0 aliphatic carbocycles. The van der Waals surface area contributed by atoms with E-state index in [0.717, 1.165) is 27.3 Å². The van der Waals surface area contributed by atoms with Crippen LogP contribution in [0.2, 0.25) is 0 Å². The minimum atomic E-state index is -3.64. The van der Waals surface area contributed by atoms with Gasteiger partial charge in [-0.1, -0.05) is 18.2 Å². The predicted octanol–water partition coefficient (Wildman–Crippen LogP) is 3.26. The first kappa shape index (κ1) is 21.8. The normalized spacial score (nSPS) is 12.4.